The topological polar surface area (TPSA) is 65.4 Å². The Morgan fingerprint density at radius 3 is 2.91 bits per heavy atom. The fourth-order valence-electron chi connectivity index (χ4n) is 2.94. The van der Waals surface area contributed by atoms with E-state index in [1.807, 2.05) is 23.1 Å². The molecule has 1 N–H and O–H groups in total. The summed E-state index contributed by atoms with van der Waals surface area (Å²) in [5.74, 6) is 1.18. The van der Waals surface area contributed by atoms with E-state index < -0.39 is 0 Å². The molecule has 2 rings (SSSR count). The van der Waals surface area contributed by atoms with Crippen molar-refractivity contribution in [2.24, 2.45) is 5.92 Å². The minimum Gasteiger partial charge on any atom is -0.495 e. The maximum absolute atomic E-state index is 11.4. The average molecular weight is 301 g/mol. The summed E-state index contributed by atoms with van der Waals surface area (Å²) in [5.41, 5.74) is 1.62. The van der Waals surface area contributed by atoms with Crippen LogP contribution in [-0.4, -0.2) is 37.0 Å². The fourth-order valence-corrected chi connectivity index (χ4v) is 2.94. The lowest BCUT2D eigenvalue weighted by atomic mass is 9.93. The number of benzene rings is 1. The fraction of sp³-hybridized carbons (Fsp3) is 0.529. The molecule has 5 heteroatoms. The van der Waals surface area contributed by atoms with Crippen LogP contribution in [0.15, 0.2) is 18.2 Å². The van der Waals surface area contributed by atoms with Crippen LogP contribution in [0.3, 0.4) is 0 Å². The van der Waals surface area contributed by atoms with Gasteiger partial charge in [0.05, 0.1) is 12.7 Å². The minimum atomic E-state index is 0.152. The first kappa shape index (κ1) is 16.3. The number of amides is 1. The molecule has 1 aromatic rings. The second-order valence-electron chi connectivity index (χ2n) is 5.86. The lowest BCUT2D eigenvalue weighted by molar-refractivity contribution is -0.130. The number of nitrogens with one attached hydrogen (secondary N) is 1. The van der Waals surface area contributed by atoms with Gasteiger partial charge in [-0.25, -0.2) is 0 Å². The molecule has 1 heterocycles. The van der Waals surface area contributed by atoms with Crippen LogP contribution in [0.5, 0.6) is 5.75 Å². The first-order valence-corrected chi connectivity index (χ1v) is 7.61. The Morgan fingerprint density at radius 2 is 2.32 bits per heavy atom. The van der Waals surface area contributed by atoms with Crippen molar-refractivity contribution in [3.8, 4) is 11.8 Å². The molecule has 0 aliphatic carbocycles. The quantitative estimate of drug-likeness (QED) is 0.922. The zero-order valence-electron chi connectivity index (χ0n) is 13.4. The third-order valence-corrected chi connectivity index (χ3v) is 4.30. The number of carbonyl (C=O) groups excluding carboxylic acids is 1. The normalized spacial score (nSPS) is 21.3. The lowest BCUT2D eigenvalue weighted by Crippen LogP contribution is -2.49. The minimum absolute atomic E-state index is 0.152. The molecule has 0 radical (unpaired) electrons. The van der Waals surface area contributed by atoms with E-state index in [9.17, 15) is 4.79 Å². The van der Waals surface area contributed by atoms with Gasteiger partial charge in [-0.3, -0.25) is 4.79 Å². The predicted molar refractivity (Wildman–Crippen MR) is 84.4 cm³/mol. The van der Waals surface area contributed by atoms with Crippen LogP contribution in [-0.2, 0) is 11.3 Å². The molecule has 0 unspecified atom stereocenters. The second-order valence-corrected chi connectivity index (χ2v) is 5.86. The van der Waals surface area contributed by atoms with Crippen LogP contribution in [0.1, 0.15) is 31.4 Å². The van der Waals surface area contributed by atoms with Gasteiger partial charge in [0.1, 0.15) is 11.8 Å². The van der Waals surface area contributed by atoms with Crippen molar-refractivity contribution >= 4 is 5.91 Å². The molecule has 1 aliphatic heterocycles. The molecular weight excluding hydrogens is 278 g/mol. The van der Waals surface area contributed by atoms with Crippen LogP contribution in [0, 0.1) is 17.2 Å². The van der Waals surface area contributed by atoms with Gasteiger partial charge in [0.2, 0.25) is 5.91 Å². The number of likely N-dealkylation sites (tertiary alicyclic amines) is 1. The van der Waals surface area contributed by atoms with E-state index in [-0.39, 0.29) is 5.91 Å². The summed E-state index contributed by atoms with van der Waals surface area (Å²) in [7, 11) is 1.57. The summed E-state index contributed by atoms with van der Waals surface area (Å²) in [4.78, 5) is 13.3. The molecule has 0 spiro atoms. The number of piperidine rings is 1. The second kappa shape index (κ2) is 7.28. The van der Waals surface area contributed by atoms with Crippen molar-refractivity contribution in [2.75, 3.05) is 20.2 Å². The van der Waals surface area contributed by atoms with Gasteiger partial charge in [-0.1, -0.05) is 13.0 Å². The Labute approximate surface area is 131 Å². The summed E-state index contributed by atoms with van der Waals surface area (Å²) in [6.07, 6.45) is 0.960. The molecule has 1 amide bonds. The Bertz CT molecular complexity index is 580. The van der Waals surface area contributed by atoms with Crippen molar-refractivity contribution in [1.29, 1.82) is 5.26 Å². The third-order valence-electron chi connectivity index (χ3n) is 4.30. The van der Waals surface area contributed by atoms with Crippen LogP contribution in [0.25, 0.3) is 0 Å². The van der Waals surface area contributed by atoms with Crippen LogP contribution in [0.2, 0.25) is 0 Å². The van der Waals surface area contributed by atoms with E-state index in [1.165, 1.54) is 0 Å². The molecule has 1 saturated heterocycles. The number of nitriles is 1. The highest BCUT2D eigenvalue weighted by molar-refractivity contribution is 5.73. The van der Waals surface area contributed by atoms with Gasteiger partial charge in [-0.05, 0) is 30.0 Å². The van der Waals surface area contributed by atoms with Gasteiger partial charge in [0.25, 0.3) is 0 Å². The van der Waals surface area contributed by atoms with Crippen LogP contribution >= 0.6 is 0 Å². The maximum atomic E-state index is 11.4. The Morgan fingerprint density at radius 1 is 1.55 bits per heavy atom. The first-order chi connectivity index (χ1) is 10.5. The highest BCUT2D eigenvalue weighted by atomic mass is 16.5. The molecule has 0 aromatic heterocycles. The number of methoxy groups -OCH3 is 1. The number of rotatable bonds is 4. The SMILES string of the molecule is COc1ccc(CN[C@@H]2CCN(C(C)=O)C[C@@H]2C)cc1C#N. The van der Waals surface area contributed by atoms with E-state index >= 15 is 0 Å². The van der Waals surface area contributed by atoms with Crippen molar-refractivity contribution in [1.82, 2.24) is 10.2 Å². The van der Waals surface area contributed by atoms with Gasteiger partial charge in [0, 0.05) is 32.6 Å². The zero-order chi connectivity index (χ0) is 16.1. The summed E-state index contributed by atoms with van der Waals surface area (Å²) in [5, 5.41) is 12.7. The third kappa shape index (κ3) is 3.77. The summed E-state index contributed by atoms with van der Waals surface area (Å²) in [6.45, 7) is 6.12. The van der Waals surface area contributed by atoms with E-state index in [0.717, 1.165) is 25.1 Å². The highest BCUT2D eigenvalue weighted by Gasteiger charge is 2.26. The first-order valence-electron chi connectivity index (χ1n) is 7.61. The van der Waals surface area contributed by atoms with Gasteiger partial charge in [-0.2, -0.15) is 5.26 Å². The van der Waals surface area contributed by atoms with Gasteiger partial charge < -0.3 is 15.0 Å². The number of nitrogens with zero attached hydrogens (tertiary/aromatic N) is 2. The molecule has 1 aromatic carbocycles. The predicted octanol–water partition coefficient (Wildman–Crippen LogP) is 1.91. The Kier molecular flexibility index (Phi) is 5.40. The number of carbonyl (C=O) groups is 1. The molecule has 2 atom stereocenters. The summed E-state index contributed by atoms with van der Waals surface area (Å²) in [6, 6.07) is 8.21. The van der Waals surface area contributed by atoms with Gasteiger partial charge in [-0.15, -0.1) is 0 Å². The van der Waals surface area contributed by atoms with E-state index in [0.29, 0.717) is 29.8 Å². The van der Waals surface area contributed by atoms with E-state index in [4.69, 9.17) is 10.00 Å². The molecule has 1 aliphatic rings. The smallest absolute Gasteiger partial charge is 0.219 e. The Balaban J connectivity index is 1.94. The lowest BCUT2D eigenvalue weighted by Gasteiger charge is -2.37. The van der Waals surface area contributed by atoms with Crippen LogP contribution < -0.4 is 10.1 Å². The van der Waals surface area contributed by atoms with E-state index in [1.54, 1.807) is 14.0 Å². The van der Waals surface area contributed by atoms with Crippen LogP contribution in [0.4, 0.5) is 0 Å². The number of ether oxygens (including phenoxy) is 1. The highest BCUT2D eigenvalue weighted by Crippen LogP contribution is 2.20. The monoisotopic (exact) mass is 301 g/mol. The Hall–Kier alpha value is -2.06. The summed E-state index contributed by atoms with van der Waals surface area (Å²) >= 11 is 0. The standard InChI is InChI=1S/C17H23N3O2/c1-12-11-20(13(2)21)7-6-16(12)19-10-14-4-5-17(22-3)15(8-14)9-18/h4-5,8,12,16,19H,6-7,10-11H2,1-3H3/t12-,16+/m0/s1. The molecular formula is C17H23N3O2. The largest absolute Gasteiger partial charge is 0.495 e. The van der Waals surface area contributed by atoms with Crippen molar-refractivity contribution in [3.05, 3.63) is 29.3 Å². The number of hydrogen-bond acceptors (Lipinski definition) is 4. The van der Waals surface area contributed by atoms with E-state index in [2.05, 4.69) is 18.3 Å². The van der Waals surface area contributed by atoms with Crippen molar-refractivity contribution < 1.29 is 9.53 Å². The van der Waals surface area contributed by atoms with Gasteiger partial charge in [0.15, 0.2) is 0 Å². The molecule has 5 nitrogen and oxygen atoms in total. The van der Waals surface area contributed by atoms with Crippen molar-refractivity contribution in [3.63, 3.8) is 0 Å². The van der Waals surface area contributed by atoms with Gasteiger partial charge >= 0.3 is 0 Å². The molecule has 118 valence electrons. The van der Waals surface area contributed by atoms with Crippen molar-refractivity contribution in [2.45, 2.75) is 32.9 Å². The summed E-state index contributed by atoms with van der Waals surface area (Å²) < 4.78 is 5.16. The molecule has 0 bridgehead atoms. The molecule has 0 saturated carbocycles. The zero-order valence-corrected chi connectivity index (χ0v) is 13.4. The average Bonchev–Trinajstić information content (AvgIpc) is 2.53. The maximum Gasteiger partial charge on any atom is 0.219 e. The number of hydrogen-bond donors (Lipinski definition) is 1. The molecule has 1 fully saturated rings. The molecule has 22 heavy (non-hydrogen) atoms.